The molecule has 0 aromatic carbocycles. The van der Waals surface area contributed by atoms with Crippen LogP contribution in [0.5, 0.6) is 0 Å². The average Bonchev–Trinajstić information content (AvgIpc) is 2.49. The summed E-state index contributed by atoms with van der Waals surface area (Å²) in [5, 5.41) is 3.28. The van der Waals surface area contributed by atoms with Gasteiger partial charge in [0.15, 0.2) is 0 Å². The molecular weight excluding hydrogens is 254 g/mol. The number of H-pyrrole nitrogens is 1. The van der Waals surface area contributed by atoms with Crippen molar-refractivity contribution in [2.75, 3.05) is 13.7 Å². The summed E-state index contributed by atoms with van der Waals surface area (Å²) in [4.78, 5) is 19.9. The third-order valence-electron chi connectivity index (χ3n) is 4.57. The van der Waals surface area contributed by atoms with Crippen LogP contribution in [0.2, 0.25) is 0 Å². The lowest BCUT2D eigenvalue weighted by Crippen LogP contribution is -2.33. The fourth-order valence-corrected chi connectivity index (χ4v) is 3.49. The second-order valence-corrected chi connectivity index (χ2v) is 5.86. The lowest BCUT2D eigenvalue weighted by atomic mass is 9.85. The third kappa shape index (κ3) is 2.65. The molecule has 1 atom stereocenters. The number of rotatable bonds is 3. The van der Waals surface area contributed by atoms with Crippen molar-refractivity contribution >= 4 is 0 Å². The number of aromatic amines is 1. The molecular formula is C15H23N3O2. The molecule has 1 aromatic rings. The Bertz CT molecular complexity index is 520. The first-order valence-electron chi connectivity index (χ1n) is 7.65. The van der Waals surface area contributed by atoms with Crippen molar-refractivity contribution in [3.05, 3.63) is 27.4 Å². The number of hydrogen-bond donors (Lipinski definition) is 2. The van der Waals surface area contributed by atoms with Crippen molar-refractivity contribution in [1.82, 2.24) is 15.3 Å². The van der Waals surface area contributed by atoms with Gasteiger partial charge in [-0.3, -0.25) is 4.79 Å². The Kier molecular flexibility index (Phi) is 4.17. The predicted octanol–water partition coefficient (Wildman–Crippen LogP) is 1.68. The van der Waals surface area contributed by atoms with Crippen molar-refractivity contribution in [2.45, 2.75) is 51.2 Å². The molecule has 2 heterocycles. The van der Waals surface area contributed by atoms with Crippen molar-refractivity contribution in [3.63, 3.8) is 0 Å². The normalized spacial score (nSPS) is 21.4. The molecule has 0 amide bonds. The van der Waals surface area contributed by atoms with Gasteiger partial charge in [-0.2, -0.15) is 0 Å². The number of aromatic nitrogens is 2. The monoisotopic (exact) mass is 277 g/mol. The van der Waals surface area contributed by atoms with E-state index in [1.807, 2.05) is 0 Å². The van der Waals surface area contributed by atoms with Gasteiger partial charge < -0.3 is 15.0 Å². The van der Waals surface area contributed by atoms with Gasteiger partial charge in [0.05, 0.1) is 5.69 Å². The van der Waals surface area contributed by atoms with E-state index in [-0.39, 0.29) is 11.7 Å². The summed E-state index contributed by atoms with van der Waals surface area (Å²) < 4.78 is 5.67. The fraction of sp³-hybridized carbons (Fsp3) is 0.733. The van der Waals surface area contributed by atoms with Gasteiger partial charge in [0.25, 0.3) is 5.56 Å². The standard InChI is InChI=1S/C15H23N3O2/c1-20-13(10-5-3-2-4-6-10)14-17-12-9-16-8-7-11(12)15(19)18-14/h10,13,16H,2-9H2,1H3,(H,17,18,19). The van der Waals surface area contributed by atoms with Gasteiger partial charge >= 0.3 is 0 Å². The molecule has 0 saturated heterocycles. The highest BCUT2D eigenvalue weighted by Crippen LogP contribution is 2.35. The molecule has 1 unspecified atom stereocenters. The zero-order valence-electron chi connectivity index (χ0n) is 12.1. The summed E-state index contributed by atoms with van der Waals surface area (Å²) in [6, 6.07) is 0. The van der Waals surface area contributed by atoms with E-state index in [2.05, 4.69) is 15.3 Å². The second-order valence-electron chi connectivity index (χ2n) is 5.86. The molecule has 5 nitrogen and oxygen atoms in total. The third-order valence-corrected chi connectivity index (χ3v) is 4.57. The van der Waals surface area contributed by atoms with Crippen LogP contribution in [0.15, 0.2) is 4.79 Å². The summed E-state index contributed by atoms with van der Waals surface area (Å²) in [5.41, 5.74) is 1.75. The molecule has 0 radical (unpaired) electrons. The molecule has 1 saturated carbocycles. The van der Waals surface area contributed by atoms with Gasteiger partial charge in [-0.1, -0.05) is 19.3 Å². The maximum absolute atomic E-state index is 12.2. The Labute approximate surface area is 119 Å². The summed E-state index contributed by atoms with van der Waals surface area (Å²) in [6.07, 6.45) is 6.83. The van der Waals surface area contributed by atoms with E-state index in [0.717, 1.165) is 37.1 Å². The van der Waals surface area contributed by atoms with Crippen LogP contribution in [0.25, 0.3) is 0 Å². The second kappa shape index (κ2) is 6.06. The van der Waals surface area contributed by atoms with Crippen LogP contribution in [0.4, 0.5) is 0 Å². The molecule has 2 N–H and O–H groups in total. The predicted molar refractivity (Wildman–Crippen MR) is 76.6 cm³/mol. The molecule has 1 aliphatic carbocycles. The topological polar surface area (TPSA) is 67.0 Å². The van der Waals surface area contributed by atoms with Gasteiger partial charge in [-0.15, -0.1) is 0 Å². The fourth-order valence-electron chi connectivity index (χ4n) is 3.49. The maximum atomic E-state index is 12.2. The summed E-state index contributed by atoms with van der Waals surface area (Å²) in [5.74, 6) is 1.19. The number of nitrogens with one attached hydrogen (secondary N) is 2. The van der Waals surface area contributed by atoms with Crippen LogP contribution in [-0.4, -0.2) is 23.6 Å². The van der Waals surface area contributed by atoms with Crippen LogP contribution in [0, 0.1) is 5.92 Å². The Balaban J connectivity index is 1.91. The average molecular weight is 277 g/mol. The molecule has 1 fully saturated rings. The van der Waals surface area contributed by atoms with Gasteiger partial charge in [-0.05, 0) is 31.7 Å². The van der Waals surface area contributed by atoms with E-state index in [1.165, 1.54) is 19.3 Å². The van der Waals surface area contributed by atoms with E-state index in [1.54, 1.807) is 7.11 Å². The number of ether oxygens (including phenoxy) is 1. The van der Waals surface area contributed by atoms with Crippen LogP contribution in [-0.2, 0) is 17.7 Å². The lowest BCUT2D eigenvalue weighted by Gasteiger charge is -2.29. The molecule has 1 aliphatic heterocycles. The minimum absolute atomic E-state index is 0.0179. The quantitative estimate of drug-likeness (QED) is 0.882. The van der Waals surface area contributed by atoms with Crippen LogP contribution in [0.1, 0.15) is 55.3 Å². The minimum atomic E-state index is -0.0739. The van der Waals surface area contributed by atoms with Gasteiger partial charge in [0.1, 0.15) is 11.9 Å². The minimum Gasteiger partial charge on any atom is -0.373 e. The summed E-state index contributed by atoms with van der Waals surface area (Å²) in [7, 11) is 1.72. The van der Waals surface area contributed by atoms with Crippen LogP contribution < -0.4 is 10.9 Å². The van der Waals surface area contributed by atoms with E-state index >= 15 is 0 Å². The zero-order chi connectivity index (χ0) is 13.9. The SMILES string of the molecule is COC(c1nc2c(c(=O)[nH]1)CCNC2)C1CCCCC1. The molecule has 0 bridgehead atoms. The summed E-state index contributed by atoms with van der Waals surface area (Å²) in [6.45, 7) is 1.54. The van der Waals surface area contributed by atoms with E-state index in [9.17, 15) is 4.79 Å². The smallest absolute Gasteiger partial charge is 0.254 e. The van der Waals surface area contributed by atoms with E-state index < -0.39 is 0 Å². The number of hydrogen-bond acceptors (Lipinski definition) is 4. The van der Waals surface area contributed by atoms with Crippen molar-refractivity contribution in [2.24, 2.45) is 5.92 Å². The highest BCUT2D eigenvalue weighted by atomic mass is 16.5. The highest BCUT2D eigenvalue weighted by Gasteiger charge is 2.28. The molecule has 0 spiro atoms. The largest absolute Gasteiger partial charge is 0.373 e. The Morgan fingerprint density at radius 3 is 2.85 bits per heavy atom. The zero-order valence-corrected chi connectivity index (χ0v) is 12.1. The van der Waals surface area contributed by atoms with Crippen LogP contribution in [0.3, 0.4) is 0 Å². The first kappa shape index (κ1) is 13.8. The van der Waals surface area contributed by atoms with Gasteiger partial charge in [0, 0.05) is 19.2 Å². The Morgan fingerprint density at radius 2 is 2.10 bits per heavy atom. The van der Waals surface area contributed by atoms with Crippen LogP contribution >= 0.6 is 0 Å². The molecule has 20 heavy (non-hydrogen) atoms. The molecule has 5 heteroatoms. The number of methoxy groups -OCH3 is 1. The molecule has 110 valence electrons. The Morgan fingerprint density at radius 1 is 1.30 bits per heavy atom. The lowest BCUT2D eigenvalue weighted by molar-refractivity contribution is 0.0285. The number of nitrogens with zero attached hydrogens (tertiary/aromatic N) is 1. The van der Waals surface area contributed by atoms with Gasteiger partial charge in [0.2, 0.25) is 0 Å². The van der Waals surface area contributed by atoms with E-state index in [0.29, 0.717) is 18.3 Å². The summed E-state index contributed by atoms with van der Waals surface area (Å²) >= 11 is 0. The number of fused-ring (bicyclic) bond motifs is 1. The highest BCUT2D eigenvalue weighted by molar-refractivity contribution is 5.21. The van der Waals surface area contributed by atoms with E-state index in [4.69, 9.17) is 4.74 Å². The first-order valence-corrected chi connectivity index (χ1v) is 7.65. The van der Waals surface area contributed by atoms with Crippen molar-refractivity contribution in [3.8, 4) is 0 Å². The molecule has 3 rings (SSSR count). The maximum Gasteiger partial charge on any atom is 0.254 e. The van der Waals surface area contributed by atoms with Crippen molar-refractivity contribution in [1.29, 1.82) is 0 Å². The molecule has 2 aliphatic rings. The molecule has 1 aromatic heterocycles. The Hall–Kier alpha value is -1.20. The van der Waals surface area contributed by atoms with Crippen molar-refractivity contribution < 1.29 is 4.74 Å². The first-order chi connectivity index (χ1) is 9.79. The van der Waals surface area contributed by atoms with Gasteiger partial charge in [-0.25, -0.2) is 4.98 Å².